The normalized spacial score (nSPS) is 11.1. The number of alkyl halides is 3. The summed E-state index contributed by atoms with van der Waals surface area (Å²) in [5, 5.41) is 2.45. The van der Waals surface area contributed by atoms with Crippen molar-refractivity contribution in [3.8, 4) is 11.5 Å². The van der Waals surface area contributed by atoms with Crippen molar-refractivity contribution < 1.29 is 27.4 Å². The summed E-state index contributed by atoms with van der Waals surface area (Å²) in [4.78, 5) is 12.4. The molecule has 0 saturated carbocycles. The van der Waals surface area contributed by atoms with E-state index in [0.29, 0.717) is 22.6 Å². The molecular formula is C17H15BrF3NO3. The second-order valence-corrected chi connectivity index (χ2v) is 5.81. The molecule has 8 heteroatoms. The molecule has 2 aromatic rings. The van der Waals surface area contributed by atoms with E-state index in [0.717, 1.165) is 12.1 Å². The lowest BCUT2D eigenvalue weighted by molar-refractivity contribution is -0.137. The van der Waals surface area contributed by atoms with Gasteiger partial charge in [0.25, 0.3) is 5.91 Å². The van der Waals surface area contributed by atoms with Gasteiger partial charge < -0.3 is 14.8 Å². The number of halogens is 4. The van der Waals surface area contributed by atoms with Crippen LogP contribution in [0.25, 0.3) is 0 Å². The molecule has 0 heterocycles. The molecule has 0 atom stereocenters. The van der Waals surface area contributed by atoms with Gasteiger partial charge in [0.15, 0.2) is 11.5 Å². The second-order valence-electron chi connectivity index (χ2n) is 4.96. The summed E-state index contributed by atoms with van der Waals surface area (Å²) in [5.41, 5.74) is -0.575. The molecular weight excluding hydrogens is 403 g/mol. The zero-order valence-corrected chi connectivity index (χ0v) is 15.0. The Bertz CT molecular complexity index is 778. The smallest absolute Gasteiger partial charge is 0.416 e. The van der Waals surface area contributed by atoms with Crippen molar-refractivity contribution in [3.05, 3.63) is 52.0 Å². The standard InChI is InChI=1S/C17H15BrF3NO3/c1-3-25-14-8-10(7-13(18)15(14)24-2)16(23)22-12-6-4-5-11(9-12)17(19,20)21/h4-9H,3H2,1-2H3,(H,22,23). The molecule has 0 radical (unpaired) electrons. The van der Waals surface area contributed by atoms with Crippen molar-refractivity contribution >= 4 is 27.5 Å². The first-order valence-electron chi connectivity index (χ1n) is 7.25. The third kappa shape index (κ3) is 4.66. The number of rotatable bonds is 5. The van der Waals surface area contributed by atoms with Crippen molar-refractivity contribution in [1.29, 1.82) is 0 Å². The Balaban J connectivity index is 2.30. The Kier molecular flexibility index (Phi) is 5.94. The molecule has 0 aliphatic rings. The number of carbonyl (C=O) groups excluding carboxylic acids is 1. The monoisotopic (exact) mass is 417 g/mol. The van der Waals surface area contributed by atoms with E-state index in [1.807, 2.05) is 0 Å². The Morgan fingerprint density at radius 2 is 1.96 bits per heavy atom. The van der Waals surface area contributed by atoms with Gasteiger partial charge in [0.05, 0.1) is 23.8 Å². The molecule has 1 N–H and O–H groups in total. The Labute approximate surface area is 151 Å². The second kappa shape index (κ2) is 7.77. The molecule has 0 aliphatic heterocycles. The molecule has 2 aromatic carbocycles. The van der Waals surface area contributed by atoms with E-state index in [9.17, 15) is 18.0 Å². The summed E-state index contributed by atoms with van der Waals surface area (Å²) in [6.07, 6.45) is -4.48. The molecule has 0 saturated heterocycles. The number of hydrogen-bond acceptors (Lipinski definition) is 3. The van der Waals surface area contributed by atoms with E-state index >= 15 is 0 Å². The van der Waals surface area contributed by atoms with Crippen LogP contribution in [0, 0.1) is 0 Å². The summed E-state index contributed by atoms with van der Waals surface area (Å²) in [7, 11) is 1.46. The number of ether oxygens (including phenoxy) is 2. The fourth-order valence-corrected chi connectivity index (χ4v) is 2.74. The average Bonchev–Trinajstić information content (AvgIpc) is 2.54. The maximum atomic E-state index is 12.8. The predicted molar refractivity (Wildman–Crippen MR) is 91.3 cm³/mol. The summed E-state index contributed by atoms with van der Waals surface area (Å²) in [6, 6.07) is 7.40. The highest BCUT2D eigenvalue weighted by Gasteiger charge is 2.30. The first kappa shape index (κ1) is 19.1. The quantitative estimate of drug-likeness (QED) is 0.733. The van der Waals surface area contributed by atoms with Crippen LogP contribution >= 0.6 is 15.9 Å². The summed E-state index contributed by atoms with van der Waals surface area (Å²) >= 11 is 3.29. The lowest BCUT2D eigenvalue weighted by Gasteiger charge is -2.14. The van der Waals surface area contributed by atoms with E-state index in [4.69, 9.17) is 9.47 Å². The molecule has 0 fully saturated rings. The number of hydrogen-bond donors (Lipinski definition) is 1. The van der Waals surface area contributed by atoms with E-state index in [-0.39, 0.29) is 11.3 Å². The number of methoxy groups -OCH3 is 1. The minimum absolute atomic E-state index is 0.0460. The first-order chi connectivity index (χ1) is 11.8. The number of nitrogens with one attached hydrogen (secondary N) is 1. The molecule has 2 rings (SSSR count). The highest BCUT2D eigenvalue weighted by atomic mass is 79.9. The van der Waals surface area contributed by atoms with Gasteiger partial charge in [-0.15, -0.1) is 0 Å². The number of benzene rings is 2. The van der Waals surface area contributed by atoms with Crippen LogP contribution in [0.2, 0.25) is 0 Å². The van der Waals surface area contributed by atoms with Crippen molar-refractivity contribution in [1.82, 2.24) is 0 Å². The van der Waals surface area contributed by atoms with Crippen LogP contribution in [0.4, 0.5) is 18.9 Å². The SMILES string of the molecule is CCOc1cc(C(=O)Nc2cccc(C(F)(F)F)c2)cc(Br)c1OC. The van der Waals surface area contributed by atoms with E-state index in [1.165, 1.54) is 31.4 Å². The Hall–Kier alpha value is -2.22. The zero-order chi connectivity index (χ0) is 18.6. The topological polar surface area (TPSA) is 47.6 Å². The molecule has 0 aliphatic carbocycles. The van der Waals surface area contributed by atoms with Gasteiger partial charge in [0.1, 0.15) is 0 Å². The first-order valence-corrected chi connectivity index (χ1v) is 8.04. The van der Waals surface area contributed by atoms with Gasteiger partial charge >= 0.3 is 6.18 Å². The van der Waals surface area contributed by atoms with Gasteiger partial charge in [-0.1, -0.05) is 6.07 Å². The van der Waals surface area contributed by atoms with Crippen LogP contribution in [0.15, 0.2) is 40.9 Å². The summed E-state index contributed by atoms with van der Waals surface area (Å²) < 4.78 is 49.4. The summed E-state index contributed by atoms with van der Waals surface area (Å²) in [5.74, 6) is 0.217. The van der Waals surface area contributed by atoms with E-state index in [1.54, 1.807) is 6.92 Å². The minimum Gasteiger partial charge on any atom is -0.492 e. The van der Waals surface area contributed by atoms with E-state index in [2.05, 4.69) is 21.2 Å². The molecule has 1 amide bonds. The molecule has 134 valence electrons. The van der Waals surface area contributed by atoms with Crippen LogP contribution in [-0.2, 0) is 6.18 Å². The maximum Gasteiger partial charge on any atom is 0.416 e. The molecule has 4 nitrogen and oxygen atoms in total. The maximum absolute atomic E-state index is 12.8. The fraction of sp³-hybridized carbons (Fsp3) is 0.235. The van der Waals surface area contributed by atoms with Crippen molar-refractivity contribution in [2.75, 3.05) is 19.0 Å². The van der Waals surface area contributed by atoms with Gasteiger partial charge in [-0.3, -0.25) is 4.79 Å². The van der Waals surface area contributed by atoms with Crippen LogP contribution in [-0.4, -0.2) is 19.6 Å². The number of anilines is 1. The van der Waals surface area contributed by atoms with Gasteiger partial charge in [0, 0.05) is 11.3 Å². The Morgan fingerprint density at radius 3 is 2.56 bits per heavy atom. The van der Waals surface area contributed by atoms with Crippen LogP contribution in [0.3, 0.4) is 0 Å². The lowest BCUT2D eigenvalue weighted by atomic mass is 10.1. The fourth-order valence-electron chi connectivity index (χ4n) is 2.14. The molecule has 0 spiro atoms. The van der Waals surface area contributed by atoms with E-state index < -0.39 is 17.6 Å². The van der Waals surface area contributed by atoms with Crippen molar-refractivity contribution in [2.45, 2.75) is 13.1 Å². The van der Waals surface area contributed by atoms with Crippen molar-refractivity contribution in [2.24, 2.45) is 0 Å². The van der Waals surface area contributed by atoms with Crippen molar-refractivity contribution in [3.63, 3.8) is 0 Å². The molecule has 25 heavy (non-hydrogen) atoms. The minimum atomic E-state index is -4.48. The third-order valence-corrected chi connectivity index (χ3v) is 3.81. The van der Waals surface area contributed by atoms with Crippen LogP contribution < -0.4 is 14.8 Å². The number of carbonyl (C=O) groups is 1. The number of amides is 1. The molecule has 0 bridgehead atoms. The Morgan fingerprint density at radius 1 is 1.24 bits per heavy atom. The predicted octanol–water partition coefficient (Wildman–Crippen LogP) is 5.13. The van der Waals surface area contributed by atoms with Gasteiger partial charge in [-0.05, 0) is 53.2 Å². The van der Waals surface area contributed by atoms with Crippen LogP contribution in [0.5, 0.6) is 11.5 Å². The lowest BCUT2D eigenvalue weighted by Crippen LogP contribution is -2.13. The van der Waals surface area contributed by atoms with Crippen LogP contribution in [0.1, 0.15) is 22.8 Å². The average molecular weight is 418 g/mol. The van der Waals surface area contributed by atoms with Gasteiger partial charge in [-0.25, -0.2) is 0 Å². The highest BCUT2D eigenvalue weighted by molar-refractivity contribution is 9.10. The molecule has 0 aromatic heterocycles. The zero-order valence-electron chi connectivity index (χ0n) is 13.4. The van der Waals surface area contributed by atoms with Gasteiger partial charge in [0.2, 0.25) is 0 Å². The summed E-state index contributed by atoms with van der Waals surface area (Å²) in [6.45, 7) is 2.14. The highest BCUT2D eigenvalue weighted by Crippen LogP contribution is 2.37. The third-order valence-electron chi connectivity index (χ3n) is 3.22. The largest absolute Gasteiger partial charge is 0.492 e. The molecule has 0 unspecified atom stereocenters. The van der Waals surface area contributed by atoms with Gasteiger partial charge in [-0.2, -0.15) is 13.2 Å².